The van der Waals surface area contributed by atoms with Crippen molar-refractivity contribution in [3.63, 3.8) is 0 Å². The normalized spacial score (nSPS) is 15.5. The molecule has 2 aromatic rings. The number of aromatic nitrogens is 3. The Morgan fingerprint density at radius 3 is 2.42 bits per heavy atom. The zero-order valence-electron chi connectivity index (χ0n) is 12.7. The van der Waals surface area contributed by atoms with Gasteiger partial charge in [0.05, 0.1) is 19.4 Å². The van der Waals surface area contributed by atoms with Gasteiger partial charge < -0.3 is 9.64 Å². The van der Waals surface area contributed by atoms with Gasteiger partial charge in [0.2, 0.25) is 0 Å². The molecule has 2 heterocycles. The van der Waals surface area contributed by atoms with Crippen molar-refractivity contribution in [2.75, 3.05) is 31.2 Å². The number of benzene rings is 1. The van der Waals surface area contributed by atoms with E-state index in [2.05, 4.69) is 15.0 Å². The smallest absolute Gasteiger partial charge is 0.378 e. The van der Waals surface area contributed by atoms with Gasteiger partial charge in [0.1, 0.15) is 6.54 Å². The number of halogens is 3. The molecule has 1 fully saturated rings. The van der Waals surface area contributed by atoms with Crippen LogP contribution < -0.4 is 10.5 Å². The molecule has 1 saturated heterocycles. The average molecular weight is 340 g/mol. The van der Waals surface area contributed by atoms with Crippen LogP contribution in [0.1, 0.15) is 0 Å². The van der Waals surface area contributed by atoms with Crippen molar-refractivity contribution in [2.45, 2.75) is 12.7 Å². The number of anilines is 1. The molecule has 6 nitrogen and oxygen atoms in total. The first-order chi connectivity index (χ1) is 11.4. The monoisotopic (exact) mass is 340 g/mol. The molecule has 0 atom stereocenters. The van der Waals surface area contributed by atoms with Crippen LogP contribution in [0.4, 0.5) is 18.9 Å². The predicted molar refractivity (Wildman–Crippen MR) is 80.8 cm³/mol. The maximum absolute atomic E-state index is 12.5. The van der Waals surface area contributed by atoms with E-state index in [9.17, 15) is 18.0 Å². The molecule has 0 aliphatic carbocycles. The summed E-state index contributed by atoms with van der Waals surface area (Å²) in [6.45, 7) is 1.45. The summed E-state index contributed by atoms with van der Waals surface area (Å²) in [5, 5.41) is 3.71. The number of hydrogen-bond acceptors (Lipinski definition) is 5. The molecular weight excluding hydrogens is 325 g/mol. The maximum Gasteiger partial charge on any atom is 0.408 e. The Bertz CT molecular complexity index is 753. The quantitative estimate of drug-likeness (QED) is 0.851. The highest BCUT2D eigenvalue weighted by Crippen LogP contribution is 2.21. The molecule has 128 valence electrons. The van der Waals surface area contributed by atoms with Crippen LogP contribution in [0.5, 0.6) is 0 Å². The van der Waals surface area contributed by atoms with E-state index in [1.54, 1.807) is 12.1 Å². The van der Waals surface area contributed by atoms with Crippen molar-refractivity contribution in [1.82, 2.24) is 14.8 Å². The third-order valence-corrected chi connectivity index (χ3v) is 3.60. The van der Waals surface area contributed by atoms with Gasteiger partial charge in [-0.05, 0) is 24.3 Å². The molecular formula is C15H15F3N4O2. The zero-order chi connectivity index (χ0) is 17.2. The third-order valence-electron chi connectivity index (χ3n) is 3.60. The van der Waals surface area contributed by atoms with Gasteiger partial charge in [-0.2, -0.15) is 13.2 Å². The van der Waals surface area contributed by atoms with E-state index in [1.165, 1.54) is 0 Å². The van der Waals surface area contributed by atoms with Crippen molar-refractivity contribution >= 4 is 5.69 Å². The molecule has 0 saturated carbocycles. The van der Waals surface area contributed by atoms with Gasteiger partial charge in [0.25, 0.3) is 5.56 Å². The largest absolute Gasteiger partial charge is 0.408 e. The molecule has 0 unspecified atom stereocenters. The summed E-state index contributed by atoms with van der Waals surface area (Å²) in [5.41, 5.74) is 0.648. The van der Waals surface area contributed by atoms with E-state index in [0.717, 1.165) is 25.0 Å². The summed E-state index contributed by atoms with van der Waals surface area (Å²) < 4.78 is 43.1. The summed E-state index contributed by atoms with van der Waals surface area (Å²) in [6.07, 6.45) is -3.67. The van der Waals surface area contributed by atoms with Gasteiger partial charge >= 0.3 is 6.18 Å². The second-order valence-electron chi connectivity index (χ2n) is 5.34. The van der Waals surface area contributed by atoms with E-state index >= 15 is 0 Å². The van der Waals surface area contributed by atoms with Crippen LogP contribution in [-0.4, -0.2) is 47.2 Å². The van der Waals surface area contributed by atoms with Crippen LogP contribution in [0.15, 0.2) is 35.3 Å². The number of alkyl halides is 3. The van der Waals surface area contributed by atoms with Crippen LogP contribution in [-0.2, 0) is 11.3 Å². The first-order valence-corrected chi connectivity index (χ1v) is 7.36. The van der Waals surface area contributed by atoms with Gasteiger partial charge in [-0.25, -0.2) is 9.67 Å². The molecule has 0 radical (unpaired) electrons. The molecule has 0 bridgehead atoms. The minimum absolute atomic E-state index is 0.0763. The summed E-state index contributed by atoms with van der Waals surface area (Å²) in [7, 11) is 0. The molecule has 9 heteroatoms. The van der Waals surface area contributed by atoms with E-state index in [0.29, 0.717) is 23.5 Å². The summed E-state index contributed by atoms with van der Waals surface area (Å²) in [5.74, 6) is 0.0763. The third kappa shape index (κ3) is 3.91. The van der Waals surface area contributed by atoms with Gasteiger partial charge in [-0.1, -0.05) is 0 Å². The number of hydrogen-bond donors (Lipinski definition) is 0. The molecule has 0 spiro atoms. The van der Waals surface area contributed by atoms with Crippen LogP contribution in [0, 0.1) is 0 Å². The lowest BCUT2D eigenvalue weighted by atomic mass is 10.2. The lowest BCUT2D eigenvalue weighted by molar-refractivity contribution is -0.143. The molecule has 0 amide bonds. The van der Waals surface area contributed by atoms with E-state index < -0.39 is 18.3 Å². The van der Waals surface area contributed by atoms with Crippen LogP contribution in [0.2, 0.25) is 0 Å². The van der Waals surface area contributed by atoms with Gasteiger partial charge in [0, 0.05) is 24.3 Å². The first kappa shape index (κ1) is 16.4. The predicted octanol–water partition coefficient (Wildman–Crippen LogP) is 1.70. The van der Waals surface area contributed by atoms with Gasteiger partial charge in [-0.15, -0.1) is 5.10 Å². The summed E-state index contributed by atoms with van der Waals surface area (Å²) in [6, 6.07) is 7.15. The fourth-order valence-corrected chi connectivity index (χ4v) is 2.43. The molecule has 1 aliphatic rings. The highest BCUT2D eigenvalue weighted by Gasteiger charge is 2.29. The van der Waals surface area contributed by atoms with E-state index in [4.69, 9.17) is 4.74 Å². The summed E-state index contributed by atoms with van der Waals surface area (Å²) >= 11 is 0. The fourth-order valence-electron chi connectivity index (χ4n) is 2.43. The van der Waals surface area contributed by atoms with Crippen LogP contribution in [0.25, 0.3) is 11.4 Å². The molecule has 1 aromatic heterocycles. The van der Waals surface area contributed by atoms with Crippen LogP contribution >= 0.6 is 0 Å². The maximum atomic E-state index is 12.5. The molecule has 1 aromatic carbocycles. The van der Waals surface area contributed by atoms with Crippen molar-refractivity contribution in [1.29, 1.82) is 0 Å². The highest BCUT2D eigenvalue weighted by molar-refractivity contribution is 5.60. The molecule has 1 aliphatic heterocycles. The Hall–Kier alpha value is -2.42. The van der Waals surface area contributed by atoms with Gasteiger partial charge in [0.15, 0.2) is 5.82 Å². The molecule has 0 N–H and O–H groups in total. The Morgan fingerprint density at radius 1 is 1.12 bits per heavy atom. The number of ether oxygens (including phenoxy) is 1. The standard InChI is InChI=1S/C15H15F3N4O2/c16-15(17,18)10-22-13(23)9-19-14(20-22)11-1-3-12(4-2-11)21-5-7-24-8-6-21/h1-4,9H,5-8,10H2. The number of morpholine rings is 1. The second kappa shape index (κ2) is 6.60. The lowest BCUT2D eigenvalue weighted by Gasteiger charge is -2.28. The highest BCUT2D eigenvalue weighted by atomic mass is 19.4. The SMILES string of the molecule is O=c1cnc(-c2ccc(N3CCOCC3)cc2)nn1CC(F)(F)F. The van der Waals surface area contributed by atoms with E-state index in [-0.39, 0.29) is 5.82 Å². The van der Waals surface area contributed by atoms with Gasteiger partial charge in [-0.3, -0.25) is 4.79 Å². The Labute approximate surface area is 135 Å². The minimum atomic E-state index is -4.52. The van der Waals surface area contributed by atoms with Crippen LogP contribution in [0.3, 0.4) is 0 Å². The minimum Gasteiger partial charge on any atom is -0.378 e. The average Bonchev–Trinajstić information content (AvgIpc) is 2.57. The zero-order valence-corrected chi connectivity index (χ0v) is 12.7. The first-order valence-electron chi connectivity index (χ1n) is 7.36. The number of nitrogens with zero attached hydrogens (tertiary/aromatic N) is 4. The van der Waals surface area contributed by atoms with Crippen molar-refractivity contribution in [2.24, 2.45) is 0 Å². The number of rotatable bonds is 3. The van der Waals surface area contributed by atoms with Crippen molar-refractivity contribution in [3.8, 4) is 11.4 Å². The summed E-state index contributed by atoms with van der Waals surface area (Å²) in [4.78, 5) is 17.4. The Kier molecular flexibility index (Phi) is 4.52. The lowest BCUT2D eigenvalue weighted by Crippen LogP contribution is -2.36. The van der Waals surface area contributed by atoms with E-state index in [1.807, 2.05) is 12.1 Å². The van der Waals surface area contributed by atoms with Crippen molar-refractivity contribution < 1.29 is 17.9 Å². The fraction of sp³-hybridized carbons (Fsp3) is 0.400. The Morgan fingerprint density at radius 2 is 1.79 bits per heavy atom. The molecule has 24 heavy (non-hydrogen) atoms. The van der Waals surface area contributed by atoms with Crippen molar-refractivity contribution in [3.05, 3.63) is 40.8 Å². The molecule has 3 rings (SSSR count). The second-order valence-corrected chi connectivity index (χ2v) is 5.34. The Balaban J connectivity index is 1.83. The topological polar surface area (TPSA) is 60.3 Å².